The quantitative estimate of drug-likeness (QED) is 0.888. The van der Waals surface area contributed by atoms with Gasteiger partial charge in [-0.15, -0.1) is 0 Å². The second kappa shape index (κ2) is 4.69. The van der Waals surface area contributed by atoms with Crippen LogP contribution in [0.15, 0.2) is 36.4 Å². The van der Waals surface area contributed by atoms with E-state index in [2.05, 4.69) is 5.32 Å². The summed E-state index contributed by atoms with van der Waals surface area (Å²) in [5.41, 5.74) is 5.79. The second-order valence-electron chi connectivity index (χ2n) is 5.57. The zero-order valence-electron chi connectivity index (χ0n) is 11.4. The molecule has 2 aromatic rings. The Morgan fingerprint density at radius 2 is 1.71 bits per heavy atom. The minimum atomic E-state index is -0.683. The Morgan fingerprint density at radius 1 is 1.00 bits per heavy atom. The number of hydrogen-bond donors (Lipinski definition) is 2. The highest BCUT2D eigenvalue weighted by molar-refractivity contribution is 5.99. The molecule has 1 unspecified atom stereocenters. The average Bonchev–Trinajstić information content (AvgIpc) is 3.09. The van der Waals surface area contributed by atoms with Gasteiger partial charge in [-0.3, -0.25) is 4.79 Å². The Labute approximate surface area is 122 Å². The summed E-state index contributed by atoms with van der Waals surface area (Å²) >= 11 is 0. The zero-order valence-corrected chi connectivity index (χ0v) is 11.4. The molecule has 106 valence electrons. The molecular weight excluding hydrogens is 266 g/mol. The van der Waals surface area contributed by atoms with Crippen LogP contribution in [0.2, 0.25) is 0 Å². The van der Waals surface area contributed by atoms with Gasteiger partial charge in [0.25, 0.3) is 0 Å². The lowest BCUT2D eigenvalue weighted by molar-refractivity contribution is -0.115. The maximum absolute atomic E-state index is 11.4. The van der Waals surface area contributed by atoms with E-state index in [1.165, 1.54) is 5.56 Å². The van der Waals surface area contributed by atoms with Crippen molar-refractivity contribution in [1.29, 1.82) is 0 Å². The molecule has 0 bridgehead atoms. The number of rotatable bonds is 2. The Morgan fingerprint density at radius 3 is 2.57 bits per heavy atom. The fourth-order valence-electron chi connectivity index (χ4n) is 2.97. The van der Waals surface area contributed by atoms with E-state index in [1.807, 2.05) is 36.4 Å². The fourth-order valence-corrected chi connectivity index (χ4v) is 2.97. The molecule has 21 heavy (non-hydrogen) atoms. The molecule has 0 fully saturated rings. The van der Waals surface area contributed by atoms with Crippen LogP contribution in [0.4, 0.5) is 5.69 Å². The summed E-state index contributed by atoms with van der Waals surface area (Å²) in [6, 6.07) is 11.6. The molecule has 1 amide bonds. The number of hydrogen-bond acceptors (Lipinski definition) is 3. The number of ether oxygens (including phenoxy) is 1. The van der Waals surface area contributed by atoms with Crippen LogP contribution < -0.4 is 5.32 Å². The number of amides is 1. The minimum Gasteiger partial charge on any atom is -0.384 e. The molecule has 0 spiro atoms. The van der Waals surface area contributed by atoms with Gasteiger partial charge < -0.3 is 15.2 Å². The molecule has 2 aliphatic rings. The van der Waals surface area contributed by atoms with Gasteiger partial charge in [-0.2, -0.15) is 0 Å². The summed E-state index contributed by atoms with van der Waals surface area (Å²) in [4.78, 5) is 11.4. The highest BCUT2D eigenvalue weighted by atomic mass is 16.5. The van der Waals surface area contributed by atoms with Crippen molar-refractivity contribution in [3.8, 4) is 0 Å². The normalized spacial score (nSPS) is 17.3. The maximum Gasteiger partial charge on any atom is 0.228 e. The maximum atomic E-state index is 11.4. The van der Waals surface area contributed by atoms with E-state index in [0.717, 1.165) is 27.9 Å². The highest BCUT2D eigenvalue weighted by Gasteiger charge is 2.21. The number of fused-ring (bicyclic) bond motifs is 2. The first kappa shape index (κ1) is 12.6. The molecule has 0 saturated heterocycles. The van der Waals surface area contributed by atoms with Gasteiger partial charge in [-0.25, -0.2) is 0 Å². The van der Waals surface area contributed by atoms with E-state index in [4.69, 9.17) is 4.74 Å². The molecule has 0 saturated carbocycles. The van der Waals surface area contributed by atoms with Crippen LogP contribution in [-0.4, -0.2) is 11.0 Å². The first-order valence-electron chi connectivity index (χ1n) is 7.01. The molecule has 2 aliphatic heterocycles. The number of aliphatic hydroxyl groups is 1. The van der Waals surface area contributed by atoms with E-state index in [-0.39, 0.29) is 5.91 Å². The van der Waals surface area contributed by atoms with Crippen LogP contribution in [0.25, 0.3) is 0 Å². The summed E-state index contributed by atoms with van der Waals surface area (Å²) in [7, 11) is 0. The Hall–Kier alpha value is -2.17. The van der Waals surface area contributed by atoms with Crippen LogP contribution in [-0.2, 0) is 29.2 Å². The molecule has 2 aromatic carbocycles. The highest BCUT2D eigenvalue weighted by Crippen LogP contribution is 2.31. The molecule has 2 N–H and O–H groups in total. The Kier molecular flexibility index (Phi) is 2.80. The van der Waals surface area contributed by atoms with Crippen molar-refractivity contribution in [3.05, 3.63) is 64.2 Å². The summed E-state index contributed by atoms with van der Waals surface area (Å²) in [6.07, 6.45) is -0.301. The van der Waals surface area contributed by atoms with Crippen molar-refractivity contribution in [2.45, 2.75) is 25.7 Å². The summed E-state index contributed by atoms with van der Waals surface area (Å²) in [5.74, 6) is 0.00585. The van der Waals surface area contributed by atoms with Crippen molar-refractivity contribution in [1.82, 2.24) is 0 Å². The summed E-state index contributed by atoms with van der Waals surface area (Å²) in [6.45, 7) is 1.26. The summed E-state index contributed by atoms with van der Waals surface area (Å²) < 4.78 is 5.40. The molecule has 4 rings (SSSR count). The van der Waals surface area contributed by atoms with Gasteiger partial charge in [0.15, 0.2) is 0 Å². The lowest BCUT2D eigenvalue weighted by atomic mass is 9.96. The Balaban J connectivity index is 1.67. The molecule has 0 radical (unpaired) electrons. The minimum absolute atomic E-state index is 0.00585. The number of carbonyl (C=O) groups is 1. The van der Waals surface area contributed by atoms with Crippen molar-refractivity contribution in [2.75, 3.05) is 5.32 Å². The van der Waals surface area contributed by atoms with Gasteiger partial charge in [0.05, 0.1) is 19.6 Å². The summed E-state index contributed by atoms with van der Waals surface area (Å²) in [5, 5.41) is 13.4. The third kappa shape index (κ3) is 2.13. The van der Waals surface area contributed by atoms with E-state index >= 15 is 0 Å². The number of carbonyl (C=O) groups excluding carboxylic acids is 1. The van der Waals surface area contributed by atoms with Gasteiger partial charge in [-0.1, -0.05) is 30.3 Å². The van der Waals surface area contributed by atoms with Gasteiger partial charge >= 0.3 is 0 Å². The van der Waals surface area contributed by atoms with Crippen LogP contribution >= 0.6 is 0 Å². The van der Waals surface area contributed by atoms with E-state index < -0.39 is 6.10 Å². The lowest BCUT2D eigenvalue weighted by Crippen LogP contribution is -2.03. The first-order valence-corrected chi connectivity index (χ1v) is 7.01. The van der Waals surface area contributed by atoms with E-state index in [0.29, 0.717) is 19.6 Å². The number of benzene rings is 2. The van der Waals surface area contributed by atoms with Crippen molar-refractivity contribution < 1.29 is 14.6 Å². The van der Waals surface area contributed by atoms with Crippen LogP contribution in [0.3, 0.4) is 0 Å². The smallest absolute Gasteiger partial charge is 0.228 e. The standard InChI is InChI=1S/C17H15NO3/c19-16-7-13-5-11(3-4-15(13)18-16)17(20)10-1-2-12-8-21-9-14(12)6-10/h1-6,17,20H,7-9H2,(H,18,19). The van der Waals surface area contributed by atoms with Gasteiger partial charge in [0, 0.05) is 5.69 Å². The third-order valence-electron chi connectivity index (χ3n) is 4.13. The molecular formula is C17H15NO3. The number of nitrogens with one attached hydrogen (secondary N) is 1. The molecule has 0 aliphatic carbocycles. The number of anilines is 1. The average molecular weight is 281 g/mol. The third-order valence-corrected chi connectivity index (χ3v) is 4.13. The Bertz CT molecular complexity index is 739. The molecule has 0 aromatic heterocycles. The molecule has 4 nitrogen and oxygen atoms in total. The van der Waals surface area contributed by atoms with Crippen LogP contribution in [0.5, 0.6) is 0 Å². The predicted octanol–water partition coefficient (Wildman–Crippen LogP) is 2.29. The van der Waals surface area contributed by atoms with Gasteiger partial charge in [0.1, 0.15) is 6.10 Å². The monoisotopic (exact) mass is 281 g/mol. The number of aliphatic hydroxyl groups excluding tert-OH is 1. The fraction of sp³-hybridized carbons (Fsp3) is 0.235. The lowest BCUT2D eigenvalue weighted by Gasteiger charge is -2.14. The van der Waals surface area contributed by atoms with E-state index in [1.54, 1.807) is 0 Å². The second-order valence-corrected chi connectivity index (χ2v) is 5.57. The van der Waals surface area contributed by atoms with Gasteiger partial charge in [0.2, 0.25) is 5.91 Å². The van der Waals surface area contributed by atoms with E-state index in [9.17, 15) is 9.90 Å². The first-order chi connectivity index (χ1) is 10.2. The van der Waals surface area contributed by atoms with Crippen molar-refractivity contribution >= 4 is 11.6 Å². The predicted molar refractivity (Wildman–Crippen MR) is 77.8 cm³/mol. The van der Waals surface area contributed by atoms with Crippen molar-refractivity contribution in [2.24, 2.45) is 0 Å². The molecule has 1 atom stereocenters. The topological polar surface area (TPSA) is 58.6 Å². The zero-order chi connectivity index (χ0) is 14.4. The van der Waals surface area contributed by atoms with Crippen molar-refractivity contribution in [3.63, 3.8) is 0 Å². The molecule has 4 heteroatoms. The SMILES string of the molecule is O=C1Cc2cc(C(O)c3ccc4c(c3)COC4)ccc2N1. The van der Waals surface area contributed by atoms with Crippen LogP contribution in [0.1, 0.15) is 33.9 Å². The van der Waals surface area contributed by atoms with Crippen LogP contribution in [0, 0.1) is 0 Å². The van der Waals surface area contributed by atoms with Gasteiger partial charge in [-0.05, 0) is 33.9 Å². The molecule has 2 heterocycles. The largest absolute Gasteiger partial charge is 0.384 e.